The van der Waals surface area contributed by atoms with Crippen molar-refractivity contribution in [2.45, 2.75) is 0 Å². The van der Waals surface area contributed by atoms with Gasteiger partial charge in [-0.1, -0.05) is 152 Å². The number of benzene rings is 10. The van der Waals surface area contributed by atoms with E-state index >= 15 is 0 Å². The van der Waals surface area contributed by atoms with Gasteiger partial charge in [0.05, 0.1) is 11.0 Å². The van der Waals surface area contributed by atoms with Gasteiger partial charge in [0.2, 0.25) is 0 Å². The molecular formula is C60H38N2O2. The second-order valence-corrected chi connectivity index (χ2v) is 16.5. The van der Waals surface area contributed by atoms with Gasteiger partial charge >= 0.3 is 0 Å². The van der Waals surface area contributed by atoms with Gasteiger partial charge in [0, 0.05) is 66.2 Å². The monoisotopic (exact) mass is 818 g/mol. The highest BCUT2D eigenvalue weighted by atomic mass is 16.3. The van der Waals surface area contributed by atoms with Crippen LogP contribution in [0.15, 0.2) is 239 Å². The summed E-state index contributed by atoms with van der Waals surface area (Å²) >= 11 is 0. The summed E-state index contributed by atoms with van der Waals surface area (Å²) in [5, 5.41) is 6.89. The van der Waals surface area contributed by atoms with E-state index in [2.05, 4.69) is 222 Å². The van der Waals surface area contributed by atoms with Gasteiger partial charge in [0.15, 0.2) is 0 Å². The number of para-hydroxylation sites is 5. The minimum absolute atomic E-state index is 0.883. The van der Waals surface area contributed by atoms with Crippen molar-refractivity contribution >= 4 is 82.7 Å². The molecule has 0 radical (unpaired) electrons. The minimum Gasteiger partial charge on any atom is -0.455 e. The average molecular weight is 819 g/mol. The molecule has 13 aromatic rings. The summed E-state index contributed by atoms with van der Waals surface area (Å²) in [7, 11) is 0. The van der Waals surface area contributed by atoms with Gasteiger partial charge in [-0.15, -0.1) is 0 Å². The van der Waals surface area contributed by atoms with Gasteiger partial charge in [-0.25, -0.2) is 0 Å². The average Bonchev–Trinajstić information content (AvgIpc) is 4.04. The quantitative estimate of drug-likeness (QED) is 0.161. The Bertz CT molecular complexity index is 3880. The molecule has 0 spiro atoms. The second kappa shape index (κ2) is 14.5. The molecule has 0 aliphatic heterocycles. The molecule has 0 amide bonds. The molecule has 0 aliphatic carbocycles. The van der Waals surface area contributed by atoms with Crippen molar-refractivity contribution in [1.82, 2.24) is 4.57 Å². The molecule has 0 aliphatic rings. The lowest BCUT2D eigenvalue weighted by Crippen LogP contribution is -2.10. The lowest BCUT2D eigenvalue weighted by molar-refractivity contribution is 0.669. The maximum Gasteiger partial charge on any atom is 0.143 e. The molecule has 3 heterocycles. The largest absolute Gasteiger partial charge is 0.455 e. The molecule has 10 aromatic carbocycles. The topological polar surface area (TPSA) is 34.5 Å². The van der Waals surface area contributed by atoms with Crippen LogP contribution in [0.4, 0.5) is 17.1 Å². The number of fused-ring (bicyclic) bond motifs is 9. The van der Waals surface area contributed by atoms with E-state index in [-0.39, 0.29) is 0 Å². The Kier molecular flexibility index (Phi) is 8.18. The van der Waals surface area contributed by atoms with Crippen molar-refractivity contribution in [3.8, 4) is 39.1 Å². The summed E-state index contributed by atoms with van der Waals surface area (Å²) < 4.78 is 15.3. The fourth-order valence-electron chi connectivity index (χ4n) is 9.79. The Morgan fingerprint density at radius 3 is 1.53 bits per heavy atom. The maximum atomic E-state index is 6.52. The predicted molar refractivity (Wildman–Crippen MR) is 266 cm³/mol. The molecule has 0 unspecified atom stereocenters. The molecule has 0 N–H and O–H groups in total. The van der Waals surface area contributed by atoms with E-state index in [0.717, 1.165) is 100 Å². The number of aromatic nitrogens is 1. The third kappa shape index (κ3) is 5.77. The summed E-state index contributed by atoms with van der Waals surface area (Å²) in [6, 6.07) is 82.1. The first-order valence-corrected chi connectivity index (χ1v) is 21.7. The van der Waals surface area contributed by atoms with E-state index in [1.54, 1.807) is 0 Å². The zero-order valence-electron chi connectivity index (χ0n) is 34.7. The van der Waals surface area contributed by atoms with E-state index in [0.29, 0.717) is 0 Å². The fourth-order valence-corrected chi connectivity index (χ4v) is 9.79. The first-order chi connectivity index (χ1) is 31.7. The predicted octanol–water partition coefficient (Wildman–Crippen LogP) is 17.1. The molecule has 0 bridgehead atoms. The first-order valence-electron chi connectivity index (χ1n) is 21.7. The van der Waals surface area contributed by atoms with E-state index < -0.39 is 0 Å². The Morgan fingerprint density at radius 2 is 0.812 bits per heavy atom. The van der Waals surface area contributed by atoms with Gasteiger partial charge < -0.3 is 18.3 Å². The maximum absolute atomic E-state index is 6.52. The Hall–Kier alpha value is -8.60. The Balaban J connectivity index is 0.931. The van der Waals surface area contributed by atoms with Gasteiger partial charge in [0.1, 0.15) is 22.3 Å². The van der Waals surface area contributed by atoms with Gasteiger partial charge in [-0.3, -0.25) is 0 Å². The van der Waals surface area contributed by atoms with Crippen molar-refractivity contribution in [2.75, 3.05) is 4.90 Å². The zero-order chi connectivity index (χ0) is 42.1. The fraction of sp³-hybridized carbons (Fsp3) is 0. The number of nitrogens with zero attached hydrogens (tertiary/aromatic N) is 2. The van der Waals surface area contributed by atoms with Crippen molar-refractivity contribution in [2.24, 2.45) is 0 Å². The lowest BCUT2D eigenvalue weighted by atomic mass is 10.00. The number of anilines is 3. The highest BCUT2D eigenvalue weighted by molar-refractivity contribution is 6.12. The highest BCUT2D eigenvalue weighted by Gasteiger charge is 2.20. The summed E-state index contributed by atoms with van der Waals surface area (Å²) in [6.45, 7) is 0. The second-order valence-electron chi connectivity index (χ2n) is 16.5. The van der Waals surface area contributed by atoms with Gasteiger partial charge in [-0.05, 0) is 101 Å². The third-order valence-corrected chi connectivity index (χ3v) is 12.8. The summed E-state index contributed by atoms with van der Waals surface area (Å²) in [5.41, 5.74) is 17.0. The van der Waals surface area contributed by atoms with Crippen LogP contribution in [-0.2, 0) is 0 Å². The molecule has 0 saturated carbocycles. The van der Waals surface area contributed by atoms with Gasteiger partial charge in [0.25, 0.3) is 0 Å². The summed E-state index contributed by atoms with van der Waals surface area (Å²) in [5.74, 6) is 0. The molecule has 300 valence electrons. The number of hydrogen-bond donors (Lipinski definition) is 0. The van der Waals surface area contributed by atoms with Crippen LogP contribution in [0, 0.1) is 0 Å². The lowest BCUT2D eigenvalue weighted by Gasteiger charge is -2.26. The van der Waals surface area contributed by atoms with Crippen molar-refractivity contribution < 1.29 is 8.83 Å². The molecule has 3 aromatic heterocycles. The van der Waals surface area contributed by atoms with Crippen LogP contribution in [0.2, 0.25) is 0 Å². The number of furan rings is 2. The Morgan fingerprint density at radius 1 is 0.297 bits per heavy atom. The Labute approximate surface area is 369 Å². The van der Waals surface area contributed by atoms with Crippen molar-refractivity contribution in [3.63, 3.8) is 0 Å². The standard InChI is InChI=1S/C60H38N2O2/c1-3-13-40(14-4-1)47-19-12-22-52-54-37-42(29-36-58(54)64-60(47)52)39-25-30-44(31-26-39)61(45-32-27-41(28-33-45)48-20-11-21-51-50-18-8-10-24-57(50)63-59(48)51)46-34-35-56-53(38-46)49-17-7-9-23-55(49)62(56)43-15-5-2-6-16-43/h1-38H. The van der Waals surface area contributed by atoms with E-state index in [1.165, 1.54) is 21.8 Å². The van der Waals surface area contributed by atoms with E-state index in [4.69, 9.17) is 8.83 Å². The molecule has 4 heteroatoms. The minimum atomic E-state index is 0.883. The first kappa shape index (κ1) is 36.1. The molecule has 0 fully saturated rings. The van der Waals surface area contributed by atoms with Crippen LogP contribution in [0.3, 0.4) is 0 Å². The summed E-state index contributed by atoms with van der Waals surface area (Å²) in [6.07, 6.45) is 0. The molecule has 0 saturated heterocycles. The van der Waals surface area contributed by atoms with Crippen LogP contribution >= 0.6 is 0 Å². The number of hydrogen-bond acceptors (Lipinski definition) is 3. The van der Waals surface area contributed by atoms with Crippen LogP contribution < -0.4 is 4.90 Å². The molecular weight excluding hydrogens is 781 g/mol. The normalized spacial score (nSPS) is 11.8. The van der Waals surface area contributed by atoms with Crippen LogP contribution in [-0.4, -0.2) is 4.57 Å². The van der Waals surface area contributed by atoms with Crippen molar-refractivity contribution in [3.05, 3.63) is 231 Å². The molecule has 0 atom stereocenters. The van der Waals surface area contributed by atoms with E-state index in [1.807, 2.05) is 18.2 Å². The zero-order valence-corrected chi connectivity index (χ0v) is 34.7. The summed E-state index contributed by atoms with van der Waals surface area (Å²) in [4.78, 5) is 2.36. The number of rotatable bonds is 7. The molecule has 4 nitrogen and oxygen atoms in total. The molecule has 64 heavy (non-hydrogen) atoms. The molecule has 13 rings (SSSR count). The van der Waals surface area contributed by atoms with Crippen molar-refractivity contribution in [1.29, 1.82) is 0 Å². The van der Waals surface area contributed by atoms with Crippen LogP contribution in [0.25, 0.3) is 105 Å². The highest BCUT2D eigenvalue weighted by Crippen LogP contribution is 2.43. The SMILES string of the molecule is c1ccc(-c2cccc3c2oc2ccc(-c4ccc(N(c5ccc(-c6cccc7c6oc6ccccc67)cc5)c5ccc6c(c5)c5ccccc5n6-c5ccccc5)cc4)cc23)cc1. The third-order valence-electron chi connectivity index (χ3n) is 12.8. The van der Waals surface area contributed by atoms with E-state index in [9.17, 15) is 0 Å². The van der Waals surface area contributed by atoms with Gasteiger partial charge in [-0.2, -0.15) is 0 Å². The van der Waals surface area contributed by atoms with Crippen LogP contribution in [0.5, 0.6) is 0 Å². The van der Waals surface area contributed by atoms with Crippen LogP contribution in [0.1, 0.15) is 0 Å². The smallest absolute Gasteiger partial charge is 0.143 e.